The minimum atomic E-state index is -0.452. The van der Waals surface area contributed by atoms with Crippen LogP contribution in [0.1, 0.15) is 31.9 Å². The molecule has 0 saturated carbocycles. The monoisotopic (exact) mass is 348 g/mol. The van der Waals surface area contributed by atoms with Gasteiger partial charge in [-0.15, -0.1) is 0 Å². The van der Waals surface area contributed by atoms with Crippen molar-refractivity contribution < 1.29 is 4.42 Å². The first-order valence-corrected chi connectivity index (χ1v) is 8.55. The standard InChI is InChI=1S/C21H20N2O3/c1-12-5-8-14(9-6-12)23-19(24)17-18(20(23)25)26-16-10-7-13(21(2,3)4)11-15(16)22-17/h5-11,22H,1-4H3. The SMILES string of the molecule is Cc1ccc(-n2c(=O)c3[nH]c4cc(C(C)(C)C)ccc4oc=3c2=O)cc1. The van der Waals surface area contributed by atoms with Gasteiger partial charge in [-0.3, -0.25) is 9.59 Å². The normalized spacial score (nSPS) is 12.2. The summed E-state index contributed by atoms with van der Waals surface area (Å²) >= 11 is 0. The summed E-state index contributed by atoms with van der Waals surface area (Å²) in [6.45, 7) is 8.31. The van der Waals surface area contributed by atoms with E-state index in [1.54, 1.807) is 12.1 Å². The van der Waals surface area contributed by atoms with Gasteiger partial charge in [0.2, 0.25) is 5.42 Å². The van der Waals surface area contributed by atoms with Crippen molar-refractivity contribution >= 4 is 11.1 Å². The summed E-state index contributed by atoms with van der Waals surface area (Å²) in [5.41, 5.74) is 3.11. The van der Waals surface area contributed by atoms with Crippen molar-refractivity contribution in [2.75, 3.05) is 0 Å². The van der Waals surface area contributed by atoms with Gasteiger partial charge in [-0.05, 0) is 42.2 Å². The second-order valence-electron chi connectivity index (χ2n) is 7.67. The number of aryl methyl sites for hydroxylation is 1. The van der Waals surface area contributed by atoms with Gasteiger partial charge in [0.05, 0.1) is 11.2 Å². The first-order valence-electron chi connectivity index (χ1n) is 8.55. The molecule has 5 heteroatoms. The van der Waals surface area contributed by atoms with Crippen molar-refractivity contribution in [1.82, 2.24) is 9.55 Å². The molecule has 0 bridgehead atoms. The summed E-state index contributed by atoms with van der Waals surface area (Å²) in [6, 6.07) is 13.0. The lowest BCUT2D eigenvalue weighted by molar-refractivity contribution is 0.553. The van der Waals surface area contributed by atoms with Gasteiger partial charge in [-0.25, -0.2) is 4.57 Å². The summed E-state index contributed by atoms with van der Waals surface area (Å²) in [4.78, 5) is 28.7. The molecule has 1 N–H and O–H groups in total. The van der Waals surface area contributed by atoms with Crippen LogP contribution in [0.15, 0.2) is 56.5 Å². The molecule has 2 heterocycles. The molecule has 0 radical (unpaired) electrons. The van der Waals surface area contributed by atoms with Crippen molar-refractivity contribution in [3.8, 4) is 5.69 Å². The molecule has 2 aromatic rings. The fraction of sp³-hybridized carbons (Fsp3) is 0.238. The molecule has 2 aliphatic heterocycles. The Hall–Kier alpha value is -3.08. The number of aromatic amines is 1. The van der Waals surface area contributed by atoms with Gasteiger partial charge in [0.1, 0.15) is 0 Å². The lowest BCUT2D eigenvalue weighted by Crippen LogP contribution is -2.24. The summed E-state index contributed by atoms with van der Waals surface area (Å²) in [6.07, 6.45) is 0. The molecular formula is C21H20N2O3. The number of H-pyrrole nitrogens is 1. The Kier molecular flexibility index (Phi) is 3.44. The third kappa shape index (κ3) is 2.47. The van der Waals surface area contributed by atoms with Gasteiger partial charge in [-0.1, -0.05) is 44.5 Å². The van der Waals surface area contributed by atoms with Gasteiger partial charge in [0.25, 0.3) is 5.56 Å². The van der Waals surface area contributed by atoms with Crippen LogP contribution in [-0.4, -0.2) is 9.55 Å². The maximum absolute atomic E-state index is 12.8. The van der Waals surface area contributed by atoms with Crippen LogP contribution in [0, 0.1) is 17.7 Å². The molecule has 4 rings (SSSR count). The van der Waals surface area contributed by atoms with E-state index in [1.165, 1.54) is 0 Å². The first kappa shape index (κ1) is 16.4. The van der Waals surface area contributed by atoms with Gasteiger partial charge >= 0.3 is 5.56 Å². The molecular weight excluding hydrogens is 328 g/mol. The molecule has 0 aliphatic carbocycles. The molecule has 2 aromatic carbocycles. The minimum absolute atomic E-state index is 0.0329. The molecule has 5 nitrogen and oxygen atoms in total. The van der Waals surface area contributed by atoms with E-state index in [-0.39, 0.29) is 16.2 Å². The fourth-order valence-electron chi connectivity index (χ4n) is 3.07. The van der Waals surface area contributed by atoms with Gasteiger partial charge in [0.15, 0.2) is 10.9 Å². The predicted octanol–water partition coefficient (Wildman–Crippen LogP) is 3.60. The highest BCUT2D eigenvalue weighted by Crippen LogP contribution is 2.25. The van der Waals surface area contributed by atoms with Crippen LogP contribution in [0.4, 0.5) is 0 Å². The number of aromatic nitrogens is 2. The van der Waals surface area contributed by atoms with Gasteiger partial charge in [-0.2, -0.15) is 0 Å². The Bertz CT molecular complexity index is 1300. The average molecular weight is 348 g/mol. The van der Waals surface area contributed by atoms with Gasteiger partial charge in [0, 0.05) is 0 Å². The summed E-state index contributed by atoms with van der Waals surface area (Å²) in [7, 11) is 0. The topological polar surface area (TPSA) is 68.0 Å². The lowest BCUT2D eigenvalue weighted by Gasteiger charge is -2.18. The van der Waals surface area contributed by atoms with E-state index in [1.807, 2.05) is 37.3 Å². The molecule has 26 heavy (non-hydrogen) atoms. The Morgan fingerprint density at radius 2 is 1.65 bits per heavy atom. The number of hydrogen-bond donors (Lipinski definition) is 1. The van der Waals surface area contributed by atoms with E-state index in [4.69, 9.17) is 4.42 Å². The van der Waals surface area contributed by atoms with Crippen molar-refractivity contribution in [3.63, 3.8) is 0 Å². The van der Waals surface area contributed by atoms with Crippen molar-refractivity contribution in [2.24, 2.45) is 0 Å². The molecule has 0 fully saturated rings. The zero-order valence-electron chi connectivity index (χ0n) is 15.2. The number of nitrogens with one attached hydrogen (secondary N) is 1. The summed E-state index contributed by atoms with van der Waals surface area (Å²) in [5, 5.41) is 0.189. The number of benzene rings is 2. The highest BCUT2D eigenvalue weighted by Gasteiger charge is 2.17. The number of fused-ring (bicyclic) bond motifs is 1. The maximum atomic E-state index is 12.8. The molecule has 0 unspecified atom stereocenters. The van der Waals surface area contributed by atoms with Crippen LogP contribution in [0.5, 0.6) is 0 Å². The molecule has 0 aromatic heterocycles. The van der Waals surface area contributed by atoms with Gasteiger partial charge < -0.3 is 9.40 Å². The Balaban J connectivity index is 2.04. The van der Waals surface area contributed by atoms with Crippen LogP contribution in [0.25, 0.3) is 16.8 Å². The van der Waals surface area contributed by atoms with Crippen molar-refractivity contribution in [1.29, 1.82) is 0 Å². The highest BCUT2D eigenvalue weighted by molar-refractivity contribution is 5.72. The second kappa shape index (κ2) is 5.46. The van der Waals surface area contributed by atoms with Crippen molar-refractivity contribution in [2.45, 2.75) is 33.1 Å². The minimum Gasteiger partial charge on any atom is -0.447 e. The fourth-order valence-corrected chi connectivity index (χ4v) is 3.07. The molecule has 132 valence electrons. The van der Waals surface area contributed by atoms with E-state index >= 15 is 0 Å². The van der Waals surface area contributed by atoms with E-state index in [9.17, 15) is 9.59 Å². The number of rotatable bonds is 1. The van der Waals surface area contributed by atoms with E-state index in [0.29, 0.717) is 16.8 Å². The molecule has 0 amide bonds. The van der Waals surface area contributed by atoms with Crippen LogP contribution in [0.3, 0.4) is 0 Å². The lowest BCUT2D eigenvalue weighted by atomic mass is 9.87. The number of nitrogens with zero attached hydrogens (tertiary/aromatic N) is 1. The average Bonchev–Trinajstić information content (AvgIpc) is 2.83. The predicted molar refractivity (Wildman–Crippen MR) is 101 cm³/mol. The largest absolute Gasteiger partial charge is 0.447 e. The molecule has 0 atom stereocenters. The summed E-state index contributed by atoms with van der Waals surface area (Å²) in [5.74, 6) is 0. The van der Waals surface area contributed by atoms with E-state index in [2.05, 4.69) is 25.8 Å². The summed E-state index contributed by atoms with van der Waals surface area (Å²) < 4.78 is 6.93. The third-order valence-electron chi connectivity index (χ3n) is 4.65. The Labute approximate surface area is 149 Å². The van der Waals surface area contributed by atoms with Crippen LogP contribution >= 0.6 is 0 Å². The molecule has 0 spiro atoms. The smallest absolute Gasteiger partial charge is 0.303 e. The van der Waals surface area contributed by atoms with Crippen LogP contribution < -0.4 is 11.1 Å². The number of hydrogen-bond acceptors (Lipinski definition) is 3. The molecule has 2 aliphatic rings. The highest BCUT2D eigenvalue weighted by atomic mass is 16.3. The second-order valence-corrected chi connectivity index (χ2v) is 7.67. The Morgan fingerprint density at radius 3 is 2.31 bits per heavy atom. The van der Waals surface area contributed by atoms with E-state index in [0.717, 1.165) is 15.7 Å². The first-order chi connectivity index (χ1) is 12.3. The van der Waals surface area contributed by atoms with Crippen molar-refractivity contribution in [3.05, 3.63) is 85.1 Å². The maximum Gasteiger partial charge on any atom is 0.303 e. The van der Waals surface area contributed by atoms with Crippen LogP contribution in [-0.2, 0) is 5.41 Å². The van der Waals surface area contributed by atoms with Crippen LogP contribution in [0.2, 0.25) is 0 Å². The zero-order chi connectivity index (χ0) is 18.6. The molecule has 0 saturated heterocycles. The Morgan fingerprint density at radius 1 is 0.962 bits per heavy atom. The van der Waals surface area contributed by atoms with E-state index < -0.39 is 11.1 Å². The quantitative estimate of drug-likeness (QED) is 0.571. The zero-order valence-corrected chi connectivity index (χ0v) is 15.2. The third-order valence-corrected chi connectivity index (χ3v) is 4.65.